The molecule has 2 fully saturated rings. The predicted molar refractivity (Wildman–Crippen MR) is 117 cm³/mol. The quantitative estimate of drug-likeness (QED) is 0.656. The van der Waals surface area contributed by atoms with Crippen LogP contribution in [0.25, 0.3) is 0 Å². The van der Waals surface area contributed by atoms with Gasteiger partial charge >= 0.3 is 0 Å². The van der Waals surface area contributed by atoms with Gasteiger partial charge in [-0.3, -0.25) is 9.69 Å². The topological polar surface area (TPSA) is 32.8 Å². The molecule has 4 rings (SSSR count). The Kier molecular flexibility index (Phi) is 6.33. The summed E-state index contributed by atoms with van der Waals surface area (Å²) in [5, 5.41) is 0.525. The van der Waals surface area contributed by atoms with Crippen LogP contribution < -0.4 is 0 Å². The highest BCUT2D eigenvalue weighted by molar-refractivity contribution is 6.30. The number of amides is 1. The average molecular weight is 449 g/mol. The third-order valence-electron chi connectivity index (χ3n) is 6.03. The van der Waals surface area contributed by atoms with Gasteiger partial charge in [0.2, 0.25) is 0 Å². The molecule has 0 aliphatic carbocycles. The van der Waals surface area contributed by atoms with Crippen LogP contribution in [0.2, 0.25) is 5.02 Å². The number of benzene rings is 2. The molecular formula is C24H27ClF2N2O2. The Bertz CT molecular complexity index is 911. The highest BCUT2D eigenvalue weighted by atomic mass is 35.5. The third-order valence-corrected chi connectivity index (χ3v) is 6.27. The summed E-state index contributed by atoms with van der Waals surface area (Å²) < 4.78 is 34.2. The number of halogens is 3. The van der Waals surface area contributed by atoms with Gasteiger partial charge in [-0.2, -0.15) is 0 Å². The molecule has 0 bridgehead atoms. The van der Waals surface area contributed by atoms with E-state index in [1.165, 1.54) is 0 Å². The van der Waals surface area contributed by atoms with Crippen molar-refractivity contribution in [3.8, 4) is 0 Å². The lowest BCUT2D eigenvalue weighted by Gasteiger charge is -2.50. The number of likely N-dealkylation sites (tertiary alicyclic amines) is 1. The van der Waals surface area contributed by atoms with E-state index >= 15 is 0 Å². The SMILES string of the molecule is CC(F)(F)CN1CC(c2ccccc2)OC2(CCN(C(=O)c3cccc(Cl)c3)CC2)C1. The molecule has 2 aromatic carbocycles. The molecule has 4 nitrogen and oxygen atoms in total. The molecule has 2 aliphatic heterocycles. The van der Waals surface area contributed by atoms with Crippen LogP contribution in [0.3, 0.4) is 0 Å². The summed E-state index contributed by atoms with van der Waals surface area (Å²) in [6.45, 7) is 2.57. The third kappa shape index (κ3) is 5.43. The van der Waals surface area contributed by atoms with Crippen LogP contribution in [-0.4, -0.2) is 60.0 Å². The Balaban J connectivity index is 1.49. The number of ether oxygens (including phenoxy) is 1. The first kappa shape index (κ1) is 22.2. The number of morpholine rings is 1. The molecule has 2 heterocycles. The van der Waals surface area contributed by atoms with E-state index in [-0.39, 0.29) is 18.6 Å². The first-order chi connectivity index (χ1) is 14.7. The van der Waals surface area contributed by atoms with Crippen LogP contribution in [0.4, 0.5) is 8.78 Å². The summed E-state index contributed by atoms with van der Waals surface area (Å²) in [6.07, 6.45) is 0.940. The lowest BCUT2D eigenvalue weighted by molar-refractivity contribution is -0.185. The molecule has 2 aromatic rings. The van der Waals surface area contributed by atoms with Gasteiger partial charge in [0, 0.05) is 43.7 Å². The van der Waals surface area contributed by atoms with Crippen molar-refractivity contribution in [1.29, 1.82) is 0 Å². The van der Waals surface area contributed by atoms with E-state index in [2.05, 4.69) is 0 Å². The van der Waals surface area contributed by atoms with E-state index < -0.39 is 11.5 Å². The van der Waals surface area contributed by atoms with Crippen molar-refractivity contribution in [2.45, 2.75) is 37.4 Å². The van der Waals surface area contributed by atoms with Crippen molar-refractivity contribution in [3.63, 3.8) is 0 Å². The Hall–Kier alpha value is -2.02. The van der Waals surface area contributed by atoms with Crippen LogP contribution in [0.5, 0.6) is 0 Å². The molecular weight excluding hydrogens is 422 g/mol. The molecule has 0 N–H and O–H groups in total. The second kappa shape index (κ2) is 8.85. The fourth-order valence-corrected chi connectivity index (χ4v) is 4.82. The number of rotatable bonds is 4. The lowest BCUT2D eigenvalue weighted by Crippen LogP contribution is -2.59. The Labute approximate surface area is 186 Å². The summed E-state index contributed by atoms with van der Waals surface area (Å²) in [6, 6.07) is 16.7. The summed E-state index contributed by atoms with van der Waals surface area (Å²) >= 11 is 6.03. The molecule has 2 aliphatic rings. The standard InChI is InChI=1S/C24H27ClF2N2O2/c1-23(26,27)16-28-15-21(18-6-3-2-4-7-18)31-24(17-28)10-12-29(13-11-24)22(30)19-8-5-9-20(25)14-19/h2-9,14,21H,10-13,15-17H2,1H3. The smallest absolute Gasteiger partial charge is 0.257 e. The number of hydrogen-bond acceptors (Lipinski definition) is 3. The van der Waals surface area contributed by atoms with E-state index in [4.69, 9.17) is 16.3 Å². The van der Waals surface area contributed by atoms with Gasteiger partial charge in [-0.05, 0) is 36.6 Å². The summed E-state index contributed by atoms with van der Waals surface area (Å²) in [7, 11) is 0. The maximum atomic E-state index is 13.8. The van der Waals surface area contributed by atoms with Crippen molar-refractivity contribution in [2.75, 3.05) is 32.7 Å². The molecule has 1 spiro atoms. The Morgan fingerprint density at radius 1 is 1.16 bits per heavy atom. The Morgan fingerprint density at radius 3 is 2.52 bits per heavy atom. The van der Waals surface area contributed by atoms with Gasteiger partial charge in [0.1, 0.15) is 0 Å². The fourth-order valence-electron chi connectivity index (χ4n) is 4.63. The molecule has 1 unspecified atom stereocenters. The molecule has 7 heteroatoms. The summed E-state index contributed by atoms with van der Waals surface area (Å²) in [5.74, 6) is -2.84. The van der Waals surface area contributed by atoms with Crippen LogP contribution in [0.1, 0.15) is 41.8 Å². The number of piperidine rings is 1. The number of hydrogen-bond donors (Lipinski definition) is 0. The van der Waals surface area contributed by atoms with E-state index in [1.54, 1.807) is 29.2 Å². The number of carbonyl (C=O) groups excluding carboxylic acids is 1. The zero-order valence-corrected chi connectivity index (χ0v) is 18.3. The van der Waals surface area contributed by atoms with Gasteiger partial charge in [-0.25, -0.2) is 8.78 Å². The zero-order valence-electron chi connectivity index (χ0n) is 17.6. The zero-order chi connectivity index (χ0) is 22.1. The minimum Gasteiger partial charge on any atom is -0.364 e. The second-order valence-corrected chi connectivity index (χ2v) is 9.18. The van der Waals surface area contributed by atoms with E-state index in [0.717, 1.165) is 12.5 Å². The van der Waals surface area contributed by atoms with Crippen LogP contribution in [-0.2, 0) is 4.74 Å². The predicted octanol–water partition coefficient (Wildman–Crippen LogP) is 5.04. The first-order valence-electron chi connectivity index (χ1n) is 10.6. The van der Waals surface area contributed by atoms with Gasteiger partial charge in [-0.15, -0.1) is 0 Å². The van der Waals surface area contributed by atoms with Crippen LogP contribution in [0, 0.1) is 0 Å². The van der Waals surface area contributed by atoms with Crippen LogP contribution >= 0.6 is 11.6 Å². The molecule has 0 saturated carbocycles. The van der Waals surface area contributed by atoms with Gasteiger partial charge in [-0.1, -0.05) is 48.0 Å². The maximum absolute atomic E-state index is 13.8. The van der Waals surface area contributed by atoms with Crippen molar-refractivity contribution >= 4 is 17.5 Å². The van der Waals surface area contributed by atoms with Crippen molar-refractivity contribution < 1.29 is 18.3 Å². The van der Waals surface area contributed by atoms with Crippen molar-refractivity contribution in [1.82, 2.24) is 9.80 Å². The molecule has 0 radical (unpaired) electrons. The molecule has 0 aromatic heterocycles. The van der Waals surface area contributed by atoms with Gasteiger partial charge in [0.15, 0.2) is 0 Å². The van der Waals surface area contributed by atoms with Gasteiger partial charge in [0.25, 0.3) is 11.8 Å². The highest BCUT2D eigenvalue weighted by Gasteiger charge is 2.45. The molecule has 31 heavy (non-hydrogen) atoms. The molecule has 2 saturated heterocycles. The van der Waals surface area contributed by atoms with E-state index in [0.29, 0.717) is 49.6 Å². The molecule has 1 atom stereocenters. The minimum absolute atomic E-state index is 0.0651. The van der Waals surface area contributed by atoms with Gasteiger partial charge in [0.05, 0.1) is 18.2 Å². The van der Waals surface area contributed by atoms with Crippen molar-refractivity contribution in [3.05, 3.63) is 70.7 Å². The van der Waals surface area contributed by atoms with E-state index in [1.807, 2.05) is 35.2 Å². The maximum Gasteiger partial charge on any atom is 0.257 e. The molecule has 1 amide bonds. The summed E-state index contributed by atoms with van der Waals surface area (Å²) in [5.41, 5.74) is 1.00. The molecule has 166 valence electrons. The van der Waals surface area contributed by atoms with Gasteiger partial charge < -0.3 is 9.64 Å². The Morgan fingerprint density at radius 2 is 1.87 bits per heavy atom. The van der Waals surface area contributed by atoms with Crippen molar-refractivity contribution in [2.24, 2.45) is 0 Å². The normalized spacial score (nSPS) is 21.9. The van der Waals surface area contributed by atoms with Crippen LogP contribution in [0.15, 0.2) is 54.6 Å². The monoisotopic (exact) mass is 448 g/mol. The fraction of sp³-hybridized carbons (Fsp3) is 0.458. The number of nitrogens with zero attached hydrogens (tertiary/aromatic N) is 2. The lowest BCUT2D eigenvalue weighted by atomic mass is 9.87. The largest absolute Gasteiger partial charge is 0.364 e. The van der Waals surface area contributed by atoms with E-state index in [9.17, 15) is 13.6 Å². The first-order valence-corrected chi connectivity index (χ1v) is 11.0. The highest BCUT2D eigenvalue weighted by Crippen LogP contribution is 2.38. The minimum atomic E-state index is -2.77. The second-order valence-electron chi connectivity index (χ2n) is 8.74. The number of carbonyl (C=O) groups is 1. The number of alkyl halides is 2. The summed E-state index contributed by atoms with van der Waals surface area (Å²) in [4.78, 5) is 16.5. The average Bonchev–Trinajstić information content (AvgIpc) is 2.73.